The van der Waals surface area contributed by atoms with Crippen LogP contribution in [0.2, 0.25) is 0 Å². The zero-order valence-corrected chi connectivity index (χ0v) is 9.54. The van der Waals surface area contributed by atoms with E-state index in [9.17, 15) is 0 Å². The highest BCUT2D eigenvalue weighted by molar-refractivity contribution is 5.71. The zero-order chi connectivity index (χ0) is 11.9. The molecule has 1 heterocycles. The highest BCUT2D eigenvalue weighted by Gasteiger charge is 1.91. The lowest BCUT2D eigenvalue weighted by molar-refractivity contribution is 0.415. The van der Waals surface area contributed by atoms with Gasteiger partial charge in [0.1, 0.15) is 11.3 Å². The molecule has 0 aliphatic rings. The Balaban J connectivity index is 0.000000128. The van der Waals surface area contributed by atoms with Crippen LogP contribution in [0, 0.1) is 0 Å². The first kappa shape index (κ1) is 11.2. The van der Waals surface area contributed by atoms with Crippen molar-refractivity contribution in [3.05, 3.63) is 61.0 Å². The van der Waals surface area contributed by atoms with Gasteiger partial charge >= 0.3 is 0 Å². The monoisotopic (exact) mass is 227 g/mol. The SMILES string of the molecule is COc1ccccc1.c1ccc2ocnc2c1. The molecule has 0 unspecified atom stereocenters. The van der Waals surface area contributed by atoms with Crippen molar-refractivity contribution in [1.29, 1.82) is 0 Å². The first-order chi connectivity index (χ1) is 8.40. The number of para-hydroxylation sites is 3. The molecular formula is C14H13NO2. The normalized spacial score (nSPS) is 9.47. The van der Waals surface area contributed by atoms with Crippen LogP contribution < -0.4 is 4.74 Å². The predicted octanol–water partition coefficient (Wildman–Crippen LogP) is 3.52. The summed E-state index contributed by atoms with van der Waals surface area (Å²) < 4.78 is 9.92. The molecule has 0 atom stereocenters. The van der Waals surface area contributed by atoms with Crippen LogP contribution in [0.15, 0.2) is 65.4 Å². The fourth-order valence-electron chi connectivity index (χ4n) is 1.36. The van der Waals surface area contributed by atoms with Crippen LogP contribution in [0.1, 0.15) is 0 Å². The molecule has 0 N–H and O–H groups in total. The van der Waals surface area contributed by atoms with Crippen LogP contribution in [-0.2, 0) is 0 Å². The Morgan fingerprint density at radius 3 is 2.29 bits per heavy atom. The molecule has 3 aromatic rings. The Labute approximate surface area is 99.7 Å². The number of fused-ring (bicyclic) bond motifs is 1. The number of oxazole rings is 1. The third-order valence-electron chi connectivity index (χ3n) is 2.22. The number of aromatic nitrogens is 1. The van der Waals surface area contributed by atoms with Crippen LogP contribution >= 0.6 is 0 Å². The maximum Gasteiger partial charge on any atom is 0.181 e. The summed E-state index contributed by atoms with van der Waals surface area (Å²) >= 11 is 0. The van der Waals surface area contributed by atoms with E-state index in [4.69, 9.17) is 9.15 Å². The van der Waals surface area contributed by atoms with Crippen molar-refractivity contribution in [2.45, 2.75) is 0 Å². The minimum absolute atomic E-state index is 0.845. The highest BCUT2D eigenvalue weighted by Crippen LogP contribution is 2.09. The molecule has 1 aromatic heterocycles. The second-order valence-corrected chi connectivity index (χ2v) is 3.34. The van der Waals surface area contributed by atoms with E-state index >= 15 is 0 Å². The number of rotatable bonds is 1. The number of hydrogen-bond acceptors (Lipinski definition) is 3. The summed E-state index contributed by atoms with van der Waals surface area (Å²) in [5.41, 5.74) is 1.76. The molecule has 0 saturated carbocycles. The number of nitrogens with zero attached hydrogens (tertiary/aromatic N) is 1. The highest BCUT2D eigenvalue weighted by atomic mass is 16.5. The minimum Gasteiger partial charge on any atom is -0.497 e. The largest absolute Gasteiger partial charge is 0.497 e. The summed E-state index contributed by atoms with van der Waals surface area (Å²) in [6, 6.07) is 17.3. The second-order valence-electron chi connectivity index (χ2n) is 3.34. The molecule has 0 spiro atoms. The van der Waals surface area contributed by atoms with E-state index in [0.29, 0.717) is 0 Å². The lowest BCUT2D eigenvalue weighted by atomic mass is 10.3. The number of benzene rings is 2. The van der Waals surface area contributed by atoms with E-state index in [1.165, 1.54) is 6.39 Å². The van der Waals surface area contributed by atoms with Crippen LogP contribution in [0.5, 0.6) is 5.75 Å². The second kappa shape index (κ2) is 5.70. The standard InChI is InChI=1S/C7H5NO.C7H8O/c1-2-4-7-6(3-1)8-5-9-7;1-8-7-5-3-2-4-6-7/h1-5H;2-6H,1H3. The van der Waals surface area contributed by atoms with Crippen molar-refractivity contribution in [3.8, 4) is 5.75 Å². The molecule has 0 fully saturated rings. The third-order valence-corrected chi connectivity index (χ3v) is 2.22. The van der Waals surface area contributed by atoms with Crippen LogP contribution in [0.3, 0.4) is 0 Å². The molecule has 3 heteroatoms. The average Bonchev–Trinajstić information content (AvgIpc) is 2.89. The molecule has 0 saturated heterocycles. The summed E-state index contributed by atoms with van der Waals surface area (Å²) in [6.07, 6.45) is 1.45. The zero-order valence-electron chi connectivity index (χ0n) is 9.54. The fourth-order valence-corrected chi connectivity index (χ4v) is 1.36. The summed E-state index contributed by atoms with van der Waals surface area (Å²) in [4.78, 5) is 3.95. The molecule has 86 valence electrons. The number of ether oxygens (including phenoxy) is 1. The van der Waals surface area contributed by atoms with Gasteiger partial charge in [-0.2, -0.15) is 0 Å². The van der Waals surface area contributed by atoms with E-state index in [0.717, 1.165) is 16.8 Å². The number of hydrogen-bond donors (Lipinski definition) is 0. The Morgan fingerprint density at radius 1 is 0.941 bits per heavy atom. The van der Waals surface area contributed by atoms with Crippen molar-refractivity contribution < 1.29 is 9.15 Å². The van der Waals surface area contributed by atoms with Crippen LogP contribution in [-0.4, -0.2) is 12.1 Å². The van der Waals surface area contributed by atoms with Gasteiger partial charge in [0.15, 0.2) is 12.0 Å². The topological polar surface area (TPSA) is 35.3 Å². The molecule has 3 nitrogen and oxygen atoms in total. The van der Waals surface area contributed by atoms with Gasteiger partial charge in [0.2, 0.25) is 0 Å². The van der Waals surface area contributed by atoms with Crippen molar-refractivity contribution >= 4 is 11.1 Å². The molecule has 0 radical (unpaired) electrons. The van der Waals surface area contributed by atoms with Crippen LogP contribution in [0.25, 0.3) is 11.1 Å². The molecule has 0 amide bonds. The van der Waals surface area contributed by atoms with Gasteiger partial charge in [-0.05, 0) is 24.3 Å². The van der Waals surface area contributed by atoms with Gasteiger partial charge in [-0.15, -0.1) is 0 Å². The van der Waals surface area contributed by atoms with Gasteiger partial charge in [-0.25, -0.2) is 4.98 Å². The van der Waals surface area contributed by atoms with Gasteiger partial charge in [0.05, 0.1) is 7.11 Å². The smallest absolute Gasteiger partial charge is 0.181 e. The van der Waals surface area contributed by atoms with Crippen molar-refractivity contribution in [2.75, 3.05) is 7.11 Å². The maximum absolute atomic E-state index is 5.01. The number of methoxy groups -OCH3 is 1. The lowest BCUT2D eigenvalue weighted by Gasteiger charge is -1.93. The van der Waals surface area contributed by atoms with Gasteiger partial charge in [0, 0.05) is 0 Å². The van der Waals surface area contributed by atoms with Gasteiger partial charge in [-0.1, -0.05) is 30.3 Å². The molecule has 0 aliphatic heterocycles. The molecular weight excluding hydrogens is 214 g/mol. The van der Waals surface area contributed by atoms with E-state index in [1.54, 1.807) is 7.11 Å². The van der Waals surface area contributed by atoms with Gasteiger partial charge in [0.25, 0.3) is 0 Å². The fraction of sp³-hybridized carbons (Fsp3) is 0.0714. The van der Waals surface area contributed by atoms with E-state index in [2.05, 4.69) is 4.98 Å². The van der Waals surface area contributed by atoms with Crippen molar-refractivity contribution in [3.63, 3.8) is 0 Å². The quantitative estimate of drug-likeness (QED) is 0.638. The van der Waals surface area contributed by atoms with E-state index < -0.39 is 0 Å². The van der Waals surface area contributed by atoms with Crippen molar-refractivity contribution in [2.24, 2.45) is 0 Å². The van der Waals surface area contributed by atoms with Crippen molar-refractivity contribution in [1.82, 2.24) is 4.98 Å². The molecule has 17 heavy (non-hydrogen) atoms. The third kappa shape index (κ3) is 3.08. The Bertz CT molecular complexity index is 530. The summed E-state index contributed by atoms with van der Waals surface area (Å²) in [5.74, 6) is 0.910. The average molecular weight is 227 g/mol. The lowest BCUT2D eigenvalue weighted by Crippen LogP contribution is -1.78. The summed E-state index contributed by atoms with van der Waals surface area (Å²) in [7, 11) is 1.66. The summed E-state index contributed by atoms with van der Waals surface area (Å²) in [5, 5.41) is 0. The Kier molecular flexibility index (Phi) is 3.76. The molecule has 3 rings (SSSR count). The molecule has 0 bridgehead atoms. The summed E-state index contributed by atoms with van der Waals surface area (Å²) in [6.45, 7) is 0. The van der Waals surface area contributed by atoms with Gasteiger partial charge < -0.3 is 9.15 Å². The van der Waals surface area contributed by atoms with E-state index in [1.807, 2.05) is 54.6 Å². The maximum atomic E-state index is 5.01. The Hall–Kier alpha value is -2.29. The van der Waals surface area contributed by atoms with E-state index in [-0.39, 0.29) is 0 Å². The first-order valence-electron chi connectivity index (χ1n) is 5.27. The Morgan fingerprint density at radius 2 is 1.65 bits per heavy atom. The predicted molar refractivity (Wildman–Crippen MR) is 67.0 cm³/mol. The molecule has 2 aromatic carbocycles. The minimum atomic E-state index is 0.845. The first-order valence-corrected chi connectivity index (χ1v) is 5.27. The molecule has 0 aliphatic carbocycles. The van der Waals surface area contributed by atoms with Gasteiger partial charge in [-0.3, -0.25) is 0 Å². The van der Waals surface area contributed by atoms with Crippen LogP contribution in [0.4, 0.5) is 0 Å².